The molecule has 0 radical (unpaired) electrons. The SMILES string of the molecule is CC(C)=CCC/C(C)=C/CN(CCNC1C2CC3CC(C2)CC1C3)C(=O)OCOC(=O)C(C)(C)C. The van der Waals surface area contributed by atoms with Gasteiger partial charge in [-0.05, 0) is 110 Å². The molecule has 0 unspecified atom stereocenters. The first kappa shape index (κ1) is 27.8. The quantitative estimate of drug-likeness (QED) is 0.217. The van der Waals surface area contributed by atoms with E-state index in [-0.39, 0.29) is 12.8 Å². The van der Waals surface area contributed by atoms with Gasteiger partial charge in [0.2, 0.25) is 6.79 Å². The molecule has 4 saturated carbocycles. The fourth-order valence-corrected chi connectivity index (χ4v) is 6.28. The largest absolute Gasteiger partial charge is 0.427 e. The molecule has 0 aromatic rings. The van der Waals surface area contributed by atoms with Gasteiger partial charge >= 0.3 is 12.1 Å². The molecule has 1 N–H and O–H groups in total. The molecule has 198 valence electrons. The maximum absolute atomic E-state index is 12.9. The molecule has 0 spiro atoms. The van der Waals surface area contributed by atoms with Crippen LogP contribution in [-0.2, 0) is 14.3 Å². The first-order valence-corrected chi connectivity index (χ1v) is 13.6. The number of hydrogen-bond acceptors (Lipinski definition) is 5. The van der Waals surface area contributed by atoms with Crippen molar-refractivity contribution in [3.8, 4) is 0 Å². The maximum atomic E-state index is 12.9. The first-order chi connectivity index (χ1) is 16.5. The third-order valence-electron chi connectivity index (χ3n) is 7.98. The van der Waals surface area contributed by atoms with Crippen molar-refractivity contribution in [2.24, 2.45) is 29.1 Å². The molecule has 4 aliphatic carbocycles. The smallest absolute Gasteiger partial charge is 0.412 e. The van der Waals surface area contributed by atoms with Crippen molar-refractivity contribution in [3.63, 3.8) is 0 Å². The van der Waals surface area contributed by atoms with Crippen molar-refractivity contribution in [2.75, 3.05) is 26.4 Å². The molecular weight excluding hydrogens is 440 g/mol. The Hall–Kier alpha value is -1.82. The number of ether oxygens (including phenoxy) is 2. The number of nitrogens with zero attached hydrogens (tertiary/aromatic N) is 1. The second-order valence-corrected chi connectivity index (χ2v) is 12.4. The molecule has 0 heterocycles. The van der Waals surface area contributed by atoms with Crippen molar-refractivity contribution >= 4 is 12.1 Å². The zero-order valence-electron chi connectivity index (χ0n) is 22.9. The number of amides is 1. The van der Waals surface area contributed by atoms with Gasteiger partial charge < -0.3 is 19.7 Å². The molecule has 6 heteroatoms. The minimum absolute atomic E-state index is 0.350. The van der Waals surface area contributed by atoms with Gasteiger partial charge in [-0.25, -0.2) is 4.79 Å². The number of allylic oxidation sites excluding steroid dienone is 3. The lowest BCUT2D eigenvalue weighted by atomic mass is 9.54. The van der Waals surface area contributed by atoms with Crippen LogP contribution < -0.4 is 5.32 Å². The second-order valence-electron chi connectivity index (χ2n) is 12.4. The van der Waals surface area contributed by atoms with E-state index in [0.29, 0.717) is 19.1 Å². The first-order valence-electron chi connectivity index (χ1n) is 13.6. The molecule has 4 bridgehead atoms. The third kappa shape index (κ3) is 8.37. The Morgan fingerprint density at radius 1 is 0.943 bits per heavy atom. The van der Waals surface area contributed by atoms with Gasteiger partial charge in [-0.15, -0.1) is 0 Å². The summed E-state index contributed by atoms with van der Waals surface area (Å²) in [5, 5.41) is 3.82. The Kier molecular flexibility index (Phi) is 9.86. The number of nitrogens with one attached hydrogen (secondary N) is 1. The molecule has 1 amide bonds. The van der Waals surface area contributed by atoms with Crippen molar-refractivity contribution in [3.05, 3.63) is 23.3 Å². The highest BCUT2D eigenvalue weighted by Crippen LogP contribution is 2.53. The van der Waals surface area contributed by atoms with Gasteiger partial charge in [0.05, 0.1) is 5.41 Å². The summed E-state index contributed by atoms with van der Waals surface area (Å²) in [7, 11) is 0. The molecule has 4 fully saturated rings. The molecule has 0 saturated heterocycles. The van der Waals surface area contributed by atoms with Gasteiger partial charge in [-0.1, -0.05) is 23.3 Å². The van der Waals surface area contributed by atoms with Crippen LogP contribution in [0.3, 0.4) is 0 Å². The van der Waals surface area contributed by atoms with E-state index in [1.54, 1.807) is 25.7 Å². The average molecular weight is 489 g/mol. The number of esters is 1. The van der Waals surface area contributed by atoms with Gasteiger partial charge in [0, 0.05) is 25.7 Å². The van der Waals surface area contributed by atoms with E-state index in [9.17, 15) is 9.59 Å². The Balaban J connectivity index is 1.51. The van der Waals surface area contributed by atoms with Gasteiger partial charge in [0.25, 0.3) is 0 Å². The van der Waals surface area contributed by atoms with Crippen LogP contribution >= 0.6 is 0 Å². The predicted molar refractivity (Wildman–Crippen MR) is 140 cm³/mol. The van der Waals surface area contributed by atoms with Crippen LogP contribution in [-0.4, -0.2) is 49.4 Å². The Morgan fingerprint density at radius 2 is 1.57 bits per heavy atom. The van der Waals surface area contributed by atoms with Gasteiger partial charge in [-0.3, -0.25) is 4.79 Å². The monoisotopic (exact) mass is 488 g/mol. The second kappa shape index (κ2) is 12.4. The van der Waals surface area contributed by atoms with Crippen LogP contribution in [0.15, 0.2) is 23.3 Å². The van der Waals surface area contributed by atoms with Crippen molar-refractivity contribution in [1.29, 1.82) is 0 Å². The minimum Gasteiger partial charge on any atom is -0.427 e. The number of rotatable bonds is 11. The third-order valence-corrected chi connectivity index (χ3v) is 7.98. The highest BCUT2D eigenvalue weighted by molar-refractivity contribution is 5.75. The summed E-state index contributed by atoms with van der Waals surface area (Å²) >= 11 is 0. The number of hydrogen-bond donors (Lipinski definition) is 1. The molecule has 0 aliphatic heterocycles. The fourth-order valence-electron chi connectivity index (χ4n) is 6.28. The maximum Gasteiger partial charge on any atom is 0.412 e. The molecular formula is C29H48N2O4. The summed E-state index contributed by atoms with van der Waals surface area (Å²) in [6.07, 6.45) is 12.9. The van der Waals surface area contributed by atoms with Gasteiger partial charge in [0.1, 0.15) is 0 Å². The molecule has 4 rings (SSSR count). The molecule has 35 heavy (non-hydrogen) atoms. The molecule has 4 aliphatic rings. The van der Waals surface area contributed by atoms with Crippen molar-refractivity contribution in [2.45, 2.75) is 92.5 Å². The van der Waals surface area contributed by atoms with Crippen LogP contribution in [0.5, 0.6) is 0 Å². The zero-order chi connectivity index (χ0) is 25.6. The van der Waals surface area contributed by atoms with Crippen molar-refractivity contribution in [1.82, 2.24) is 10.2 Å². The van der Waals surface area contributed by atoms with E-state index in [1.165, 1.54) is 43.3 Å². The summed E-state index contributed by atoms with van der Waals surface area (Å²) in [5.74, 6) is 3.14. The standard InChI is InChI=1S/C29H48N2O4/c1-20(2)8-7-9-21(3)10-12-31(28(33)35-19-34-27(32)29(4,5)6)13-11-30-26-24-15-22-14-23(17-24)18-25(26)16-22/h8,10,22-26,30H,7,9,11-19H2,1-6H3/b21-10+. The summed E-state index contributed by atoms with van der Waals surface area (Å²) in [5.41, 5.74) is 1.96. The average Bonchev–Trinajstić information content (AvgIpc) is 2.76. The highest BCUT2D eigenvalue weighted by Gasteiger charge is 2.47. The van der Waals surface area contributed by atoms with Crippen LogP contribution in [0.2, 0.25) is 0 Å². The Labute approximate surface area is 212 Å². The summed E-state index contributed by atoms with van der Waals surface area (Å²) < 4.78 is 10.5. The normalized spacial score (nSPS) is 27.5. The van der Waals surface area contributed by atoms with E-state index >= 15 is 0 Å². The summed E-state index contributed by atoms with van der Waals surface area (Å²) in [6.45, 7) is 13.2. The lowest BCUT2D eigenvalue weighted by molar-refractivity contribution is -0.161. The van der Waals surface area contributed by atoms with Gasteiger partial charge in [0.15, 0.2) is 0 Å². The highest BCUT2D eigenvalue weighted by atomic mass is 16.7. The van der Waals surface area contributed by atoms with Crippen LogP contribution in [0.4, 0.5) is 4.79 Å². The topological polar surface area (TPSA) is 67.9 Å². The summed E-state index contributed by atoms with van der Waals surface area (Å²) in [4.78, 5) is 26.6. The number of carbonyl (C=O) groups excluding carboxylic acids is 2. The summed E-state index contributed by atoms with van der Waals surface area (Å²) in [6, 6.07) is 0.592. The molecule has 6 nitrogen and oxygen atoms in total. The lowest BCUT2D eigenvalue weighted by Gasteiger charge is -2.54. The molecule has 0 aromatic carbocycles. The number of carbonyl (C=O) groups is 2. The van der Waals surface area contributed by atoms with E-state index < -0.39 is 11.5 Å². The van der Waals surface area contributed by atoms with E-state index in [4.69, 9.17) is 9.47 Å². The molecule has 0 atom stereocenters. The van der Waals surface area contributed by atoms with E-state index in [1.807, 2.05) is 0 Å². The lowest BCUT2D eigenvalue weighted by Crippen LogP contribution is -2.55. The Bertz CT molecular complexity index is 763. The Morgan fingerprint density at radius 3 is 2.14 bits per heavy atom. The zero-order valence-corrected chi connectivity index (χ0v) is 22.9. The fraction of sp³-hybridized carbons (Fsp3) is 0.793. The van der Waals surface area contributed by atoms with E-state index in [2.05, 4.69) is 38.2 Å². The van der Waals surface area contributed by atoms with Crippen LogP contribution in [0.1, 0.15) is 86.5 Å². The van der Waals surface area contributed by atoms with Gasteiger partial charge in [-0.2, -0.15) is 0 Å². The van der Waals surface area contributed by atoms with Crippen molar-refractivity contribution < 1.29 is 19.1 Å². The predicted octanol–water partition coefficient (Wildman–Crippen LogP) is 6.08. The minimum atomic E-state index is -0.625. The molecule has 0 aromatic heterocycles. The van der Waals surface area contributed by atoms with Crippen LogP contribution in [0, 0.1) is 29.1 Å². The van der Waals surface area contributed by atoms with E-state index in [0.717, 1.165) is 43.1 Å². The van der Waals surface area contributed by atoms with Crippen LogP contribution in [0.25, 0.3) is 0 Å².